The molecule has 1 unspecified atom stereocenters. The van der Waals surface area contributed by atoms with E-state index in [1.807, 2.05) is 0 Å². The number of aromatic amines is 1. The number of carbonyl (C=O) groups excluding carboxylic acids is 1. The van der Waals surface area contributed by atoms with E-state index in [9.17, 15) is 13.2 Å². The van der Waals surface area contributed by atoms with Crippen molar-refractivity contribution in [1.82, 2.24) is 19.8 Å². The molecule has 1 aromatic heterocycles. The van der Waals surface area contributed by atoms with Crippen molar-refractivity contribution < 1.29 is 13.2 Å². The number of rotatable bonds is 4. The third-order valence-electron chi connectivity index (χ3n) is 4.03. The fraction of sp³-hybridized carbons (Fsp3) is 0.333. The number of H-pyrrole nitrogens is 1. The maximum atomic E-state index is 12.9. The molecule has 2 heterocycles. The summed E-state index contributed by atoms with van der Waals surface area (Å²) in [6.45, 7) is 0.425. The number of sulfonamides is 1. The van der Waals surface area contributed by atoms with Crippen LogP contribution in [0.3, 0.4) is 0 Å². The van der Waals surface area contributed by atoms with Crippen LogP contribution in [0.4, 0.5) is 0 Å². The molecule has 122 valence electrons. The summed E-state index contributed by atoms with van der Waals surface area (Å²) in [5.41, 5.74) is 0.925. The van der Waals surface area contributed by atoms with Crippen LogP contribution in [-0.2, 0) is 10.0 Å². The fourth-order valence-electron chi connectivity index (χ4n) is 2.91. The van der Waals surface area contributed by atoms with E-state index in [4.69, 9.17) is 0 Å². The van der Waals surface area contributed by atoms with E-state index in [1.165, 1.54) is 17.5 Å². The van der Waals surface area contributed by atoms with Crippen LogP contribution in [0.2, 0.25) is 0 Å². The van der Waals surface area contributed by atoms with Gasteiger partial charge in [-0.3, -0.25) is 9.89 Å². The first-order chi connectivity index (χ1) is 11.1. The first-order valence-electron chi connectivity index (χ1n) is 7.38. The predicted molar refractivity (Wildman–Crippen MR) is 84.3 cm³/mol. The lowest BCUT2D eigenvalue weighted by molar-refractivity contribution is 0.0961. The Balaban J connectivity index is 1.99. The molecular weight excluding hydrogens is 316 g/mol. The monoisotopic (exact) mass is 334 g/mol. The minimum atomic E-state index is -3.61. The number of hydrogen-bond acceptors (Lipinski definition) is 4. The van der Waals surface area contributed by atoms with Gasteiger partial charge in [-0.2, -0.15) is 9.40 Å². The molecule has 2 aromatic rings. The number of hydrogen-bond donors (Lipinski definition) is 2. The number of nitrogens with one attached hydrogen (secondary N) is 2. The summed E-state index contributed by atoms with van der Waals surface area (Å²) in [4.78, 5) is 12.2. The molecule has 0 aliphatic carbocycles. The van der Waals surface area contributed by atoms with Crippen LogP contribution >= 0.6 is 0 Å². The van der Waals surface area contributed by atoms with Crippen LogP contribution in [0, 0.1) is 0 Å². The Labute approximate surface area is 134 Å². The molecule has 1 aliphatic heterocycles. The summed E-state index contributed by atoms with van der Waals surface area (Å²) in [6, 6.07) is 7.93. The zero-order chi connectivity index (χ0) is 16.4. The number of aromatic nitrogens is 2. The highest BCUT2D eigenvalue weighted by molar-refractivity contribution is 7.89. The van der Waals surface area contributed by atoms with Crippen molar-refractivity contribution in [2.45, 2.75) is 23.8 Å². The van der Waals surface area contributed by atoms with Gasteiger partial charge in [-0.25, -0.2) is 8.42 Å². The van der Waals surface area contributed by atoms with Crippen molar-refractivity contribution in [3.63, 3.8) is 0 Å². The average molecular weight is 334 g/mol. The molecule has 8 heteroatoms. The van der Waals surface area contributed by atoms with E-state index in [2.05, 4.69) is 15.5 Å². The van der Waals surface area contributed by atoms with Crippen LogP contribution in [0.25, 0.3) is 0 Å². The summed E-state index contributed by atoms with van der Waals surface area (Å²) in [5, 5.41) is 9.27. The van der Waals surface area contributed by atoms with Gasteiger partial charge in [-0.1, -0.05) is 18.2 Å². The first-order valence-corrected chi connectivity index (χ1v) is 8.82. The summed E-state index contributed by atoms with van der Waals surface area (Å²) in [5.74, 6) is -0.280. The van der Waals surface area contributed by atoms with Crippen molar-refractivity contribution in [3.05, 3.63) is 47.8 Å². The molecule has 0 radical (unpaired) electrons. The van der Waals surface area contributed by atoms with Gasteiger partial charge in [-0.05, 0) is 25.0 Å². The summed E-state index contributed by atoms with van der Waals surface area (Å²) in [7, 11) is -2.08. The maximum Gasteiger partial charge on any atom is 0.254 e. The van der Waals surface area contributed by atoms with Crippen molar-refractivity contribution in [2.24, 2.45) is 0 Å². The predicted octanol–water partition coefficient (Wildman–Crippen LogP) is 1.30. The Bertz CT molecular complexity index is 801. The van der Waals surface area contributed by atoms with Crippen LogP contribution in [-0.4, -0.2) is 42.4 Å². The minimum absolute atomic E-state index is 0.257. The molecule has 0 saturated carbocycles. The summed E-state index contributed by atoms with van der Waals surface area (Å²) in [6.07, 6.45) is 2.82. The van der Waals surface area contributed by atoms with Gasteiger partial charge in [-0.15, -0.1) is 0 Å². The second kappa shape index (κ2) is 6.13. The molecule has 1 atom stereocenters. The standard InChI is InChI=1S/C15H18N4O3S/c1-16-15(20)12-10-17-18-14(12)13-8-5-9-19(13)23(21,22)11-6-3-2-4-7-11/h2-4,6-7,10,13H,5,8-9H2,1H3,(H,16,20)(H,17,18). The Morgan fingerprint density at radius 3 is 2.78 bits per heavy atom. The SMILES string of the molecule is CNC(=O)c1cn[nH]c1C1CCCN1S(=O)(=O)c1ccccc1. The number of nitrogens with zero attached hydrogens (tertiary/aromatic N) is 2. The highest BCUT2D eigenvalue weighted by Gasteiger charge is 2.38. The van der Waals surface area contributed by atoms with Crippen LogP contribution < -0.4 is 5.32 Å². The normalized spacial score (nSPS) is 18.9. The van der Waals surface area contributed by atoms with E-state index < -0.39 is 16.1 Å². The lowest BCUT2D eigenvalue weighted by Crippen LogP contribution is -2.32. The molecular formula is C15H18N4O3S. The van der Waals surface area contributed by atoms with Crippen molar-refractivity contribution in [1.29, 1.82) is 0 Å². The summed E-state index contributed by atoms with van der Waals surface area (Å²) < 4.78 is 27.2. The van der Waals surface area contributed by atoms with E-state index in [0.29, 0.717) is 24.2 Å². The van der Waals surface area contributed by atoms with Gasteiger partial charge >= 0.3 is 0 Å². The Hall–Kier alpha value is -2.19. The van der Waals surface area contributed by atoms with Crippen molar-refractivity contribution in [3.8, 4) is 0 Å². The quantitative estimate of drug-likeness (QED) is 0.881. The van der Waals surface area contributed by atoms with Crippen molar-refractivity contribution >= 4 is 15.9 Å². The van der Waals surface area contributed by atoms with E-state index in [1.54, 1.807) is 30.3 Å². The van der Waals surface area contributed by atoms with Gasteiger partial charge in [0.05, 0.1) is 28.4 Å². The van der Waals surface area contributed by atoms with Crippen LogP contribution in [0.15, 0.2) is 41.4 Å². The van der Waals surface area contributed by atoms with E-state index in [0.717, 1.165) is 6.42 Å². The molecule has 1 fully saturated rings. The largest absolute Gasteiger partial charge is 0.355 e. The molecule has 23 heavy (non-hydrogen) atoms. The van der Waals surface area contributed by atoms with Crippen LogP contribution in [0.1, 0.15) is 34.9 Å². The van der Waals surface area contributed by atoms with E-state index >= 15 is 0 Å². The second-order valence-corrected chi connectivity index (χ2v) is 7.25. The zero-order valence-electron chi connectivity index (χ0n) is 12.7. The van der Waals surface area contributed by atoms with Gasteiger partial charge < -0.3 is 5.32 Å². The smallest absolute Gasteiger partial charge is 0.254 e. The molecule has 3 rings (SSSR count). The van der Waals surface area contributed by atoms with Gasteiger partial charge in [0.25, 0.3) is 5.91 Å². The maximum absolute atomic E-state index is 12.9. The average Bonchev–Trinajstić information content (AvgIpc) is 3.23. The van der Waals surface area contributed by atoms with Crippen LogP contribution in [0.5, 0.6) is 0 Å². The Morgan fingerprint density at radius 2 is 2.09 bits per heavy atom. The van der Waals surface area contributed by atoms with Gasteiger partial charge in [0, 0.05) is 13.6 Å². The molecule has 1 amide bonds. The first kappa shape index (κ1) is 15.7. The minimum Gasteiger partial charge on any atom is -0.355 e. The second-order valence-electron chi connectivity index (χ2n) is 5.36. The van der Waals surface area contributed by atoms with Gasteiger partial charge in [0.15, 0.2) is 0 Å². The van der Waals surface area contributed by atoms with E-state index in [-0.39, 0.29) is 10.8 Å². The molecule has 0 bridgehead atoms. The molecule has 1 saturated heterocycles. The third kappa shape index (κ3) is 2.75. The Kier molecular flexibility index (Phi) is 4.18. The molecule has 2 N–H and O–H groups in total. The highest BCUT2D eigenvalue weighted by Crippen LogP contribution is 2.36. The molecule has 7 nitrogen and oxygen atoms in total. The van der Waals surface area contributed by atoms with Crippen molar-refractivity contribution in [2.75, 3.05) is 13.6 Å². The topological polar surface area (TPSA) is 95.2 Å². The number of amides is 1. The number of benzene rings is 1. The molecule has 0 spiro atoms. The molecule has 1 aliphatic rings. The van der Waals surface area contributed by atoms with Gasteiger partial charge in [0.1, 0.15) is 0 Å². The number of carbonyl (C=O) groups is 1. The molecule has 1 aromatic carbocycles. The lowest BCUT2D eigenvalue weighted by atomic mass is 10.1. The Morgan fingerprint density at radius 1 is 1.35 bits per heavy atom. The lowest BCUT2D eigenvalue weighted by Gasteiger charge is -2.24. The fourth-order valence-corrected chi connectivity index (χ4v) is 4.60. The van der Waals surface area contributed by atoms with Gasteiger partial charge in [0.2, 0.25) is 10.0 Å². The zero-order valence-corrected chi connectivity index (χ0v) is 13.5. The third-order valence-corrected chi connectivity index (χ3v) is 5.95. The summed E-state index contributed by atoms with van der Waals surface area (Å²) >= 11 is 0. The highest BCUT2D eigenvalue weighted by atomic mass is 32.2.